The number of benzene rings is 3. The average Bonchev–Trinajstić information content (AvgIpc) is 3.74. The molecule has 10 nitrogen and oxygen atoms in total. The van der Waals surface area contributed by atoms with Crippen molar-refractivity contribution in [2.24, 2.45) is 0 Å². The van der Waals surface area contributed by atoms with Crippen LogP contribution in [0.15, 0.2) is 85.1 Å². The SMILES string of the molecule is N#Cc1ncccc1-c1ccc(OCCCc2sc(N3CCc4cccc(C(=O)Nc5nc6ccccc6s5)c4C3)nc2C(=O)O)cc1. The molecule has 12 heteroatoms. The lowest BCUT2D eigenvalue weighted by Gasteiger charge is -2.29. The van der Waals surface area contributed by atoms with Gasteiger partial charge in [-0.25, -0.2) is 19.7 Å². The van der Waals surface area contributed by atoms with Crippen molar-refractivity contribution in [2.75, 3.05) is 23.4 Å². The van der Waals surface area contributed by atoms with Gasteiger partial charge in [0.1, 0.15) is 17.5 Å². The summed E-state index contributed by atoms with van der Waals surface area (Å²) < 4.78 is 6.94. The smallest absolute Gasteiger partial charge is 0.355 e. The summed E-state index contributed by atoms with van der Waals surface area (Å²) in [6.45, 7) is 1.50. The molecule has 4 heterocycles. The molecule has 1 amide bonds. The monoisotopic (exact) mass is 672 g/mol. The summed E-state index contributed by atoms with van der Waals surface area (Å²) in [6.07, 6.45) is 3.40. The number of carboxylic acids is 1. The molecule has 6 aromatic rings. The van der Waals surface area contributed by atoms with Gasteiger partial charge in [0.05, 0.1) is 16.8 Å². The molecule has 7 rings (SSSR count). The molecule has 0 spiro atoms. The molecule has 3 aromatic heterocycles. The maximum Gasteiger partial charge on any atom is 0.355 e. The Morgan fingerprint density at radius 1 is 1.00 bits per heavy atom. The molecule has 48 heavy (non-hydrogen) atoms. The predicted molar refractivity (Wildman–Crippen MR) is 186 cm³/mol. The van der Waals surface area contributed by atoms with E-state index in [1.54, 1.807) is 12.3 Å². The van der Waals surface area contributed by atoms with Crippen LogP contribution in [0, 0.1) is 11.3 Å². The number of anilines is 2. The second-order valence-electron chi connectivity index (χ2n) is 11.1. The minimum Gasteiger partial charge on any atom is -0.494 e. The van der Waals surface area contributed by atoms with Crippen LogP contribution in [0.2, 0.25) is 0 Å². The Labute approximate surface area is 283 Å². The minimum absolute atomic E-state index is 0.0526. The van der Waals surface area contributed by atoms with Crippen LogP contribution in [0.3, 0.4) is 0 Å². The van der Waals surface area contributed by atoms with E-state index in [1.807, 2.05) is 72.8 Å². The Bertz CT molecular complexity index is 2150. The minimum atomic E-state index is -1.07. The van der Waals surface area contributed by atoms with E-state index in [0.717, 1.165) is 32.5 Å². The van der Waals surface area contributed by atoms with Crippen LogP contribution in [-0.4, -0.2) is 45.1 Å². The first kappa shape index (κ1) is 31.0. The molecular formula is C36H28N6O4S2. The average molecular weight is 673 g/mol. The molecule has 2 N–H and O–H groups in total. The number of pyridine rings is 1. The van der Waals surface area contributed by atoms with Crippen molar-refractivity contribution in [3.05, 3.63) is 118 Å². The third kappa shape index (κ3) is 6.46. The second kappa shape index (κ2) is 13.6. The van der Waals surface area contributed by atoms with E-state index in [4.69, 9.17) is 4.74 Å². The Hall–Kier alpha value is -5.64. The highest BCUT2D eigenvalue weighted by Gasteiger charge is 2.26. The Kier molecular flexibility index (Phi) is 8.78. The lowest BCUT2D eigenvalue weighted by Crippen LogP contribution is -2.32. The number of ether oxygens (including phenoxy) is 1. The number of carbonyl (C=O) groups is 2. The van der Waals surface area contributed by atoms with Gasteiger partial charge < -0.3 is 14.7 Å². The van der Waals surface area contributed by atoms with Crippen LogP contribution < -0.4 is 15.0 Å². The van der Waals surface area contributed by atoms with Crippen molar-refractivity contribution >= 4 is 55.0 Å². The highest BCUT2D eigenvalue weighted by atomic mass is 32.1. The van der Waals surface area contributed by atoms with E-state index in [2.05, 4.69) is 31.2 Å². The van der Waals surface area contributed by atoms with Crippen molar-refractivity contribution < 1.29 is 19.4 Å². The first-order valence-corrected chi connectivity index (χ1v) is 16.9. The zero-order valence-corrected chi connectivity index (χ0v) is 27.2. The van der Waals surface area contributed by atoms with Crippen LogP contribution in [0.5, 0.6) is 5.75 Å². The maximum atomic E-state index is 13.4. The molecule has 0 saturated carbocycles. The molecule has 0 atom stereocenters. The van der Waals surface area contributed by atoms with Crippen LogP contribution in [-0.2, 0) is 19.4 Å². The lowest BCUT2D eigenvalue weighted by atomic mass is 9.94. The van der Waals surface area contributed by atoms with Gasteiger partial charge in [-0.3, -0.25) is 10.1 Å². The predicted octanol–water partition coefficient (Wildman–Crippen LogP) is 7.21. The number of carbonyl (C=O) groups excluding carboxylic acids is 1. The van der Waals surface area contributed by atoms with Gasteiger partial charge in [0.15, 0.2) is 16.0 Å². The van der Waals surface area contributed by atoms with E-state index in [1.165, 1.54) is 22.7 Å². The second-order valence-corrected chi connectivity index (χ2v) is 13.2. The molecule has 3 aromatic carbocycles. The molecule has 1 aliphatic rings. The summed E-state index contributed by atoms with van der Waals surface area (Å²) in [5.74, 6) is -0.610. The van der Waals surface area contributed by atoms with Gasteiger partial charge in [0.2, 0.25) is 0 Å². The number of nitrogens with zero attached hydrogens (tertiary/aromatic N) is 5. The number of rotatable bonds is 10. The topological polar surface area (TPSA) is 141 Å². The fourth-order valence-corrected chi connectivity index (χ4v) is 7.72. The molecule has 0 unspecified atom stereocenters. The van der Waals surface area contributed by atoms with Crippen molar-refractivity contribution in [1.29, 1.82) is 5.26 Å². The Balaban J connectivity index is 1.00. The van der Waals surface area contributed by atoms with Crippen molar-refractivity contribution in [3.8, 4) is 22.9 Å². The first-order chi connectivity index (χ1) is 23.5. The number of amides is 1. The summed E-state index contributed by atoms with van der Waals surface area (Å²) in [6, 6.07) is 26.7. The van der Waals surface area contributed by atoms with Gasteiger partial charge in [-0.05, 0) is 78.4 Å². The zero-order chi connectivity index (χ0) is 33.0. The fraction of sp³-hybridized carbons (Fsp3) is 0.167. The van der Waals surface area contributed by atoms with Gasteiger partial charge in [-0.15, -0.1) is 11.3 Å². The molecule has 0 radical (unpaired) electrons. The summed E-state index contributed by atoms with van der Waals surface area (Å²) >= 11 is 2.81. The van der Waals surface area contributed by atoms with Crippen LogP contribution >= 0.6 is 22.7 Å². The first-order valence-electron chi connectivity index (χ1n) is 15.3. The number of nitrogens with one attached hydrogen (secondary N) is 1. The van der Waals surface area contributed by atoms with E-state index < -0.39 is 5.97 Å². The third-order valence-corrected chi connectivity index (χ3v) is 10.2. The number of aromatic nitrogens is 3. The molecule has 1 aliphatic heterocycles. The third-order valence-electron chi connectivity index (χ3n) is 8.09. The number of hydrogen-bond acceptors (Lipinski definition) is 10. The van der Waals surface area contributed by atoms with Gasteiger partial charge in [-0.2, -0.15) is 5.26 Å². The Morgan fingerprint density at radius 3 is 2.67 bits per heavy atom. The van der Waals surface area contributed by atoms with Crippen LogP contribution in [0.4, 0.5) is 10.3 Å². The summed E-state index contributed by atoms with van der Waals surface area (Å²) in [7, 11) is 0. The summed E-state index contributed by atoms with van der Waals surface area (Å²) in [5.41, 5.74) is 5.46. The van der Waals surface area contributed by atoms with Crippen LogP contribution in [0.25, 0.3) is 21.3 Å². The molecule has 0 aliphatic carbocycles. The highest BCUT2D eigenvalue weighted by Crippen LogP contribution is 2.33. The number of thiazole rings is 2. The van der Waals surface area contributed by atoms with Gasteiger partial charge in [0.25, 0.3) is 5.91 Å². The highest BCUT2D eigenvalue weighted by molar-refractivity contribution is 7.22. The van der Waals surface area contributed by atoms with Crippen molar-refractivity contribution in [1.82, 2.24) is 15.0 Å². The zero-order valence-electron chi connectivity index (χ0n) is 25.6. The molecule has 238 valence electrons. The van der Waals surface area contributed by atoms with Gasteiger partial charge >= 0.3 is 5.97 Å². The van der Waals surface area contributed by atoms with Gasteiger partial charge in [-0.1, -0.05) is 47.7 Å². The summed E-state index contributed by atoms with van der Waals surface area (Å²) in [5, 5.41) is 23.4. The maximum absolute atomic E-state index is 13.4. The fourth-order valence-electron chi connectivity index (χ4n) is 5.74. The van der Waals surface area contributed by atoms with E-state index >= 15 is 0 Å². The number of nitriles is 1. The number of para-hydroxylation sites is 1. The van der Waals surface area contributed by atoms with E-state index in [-0.39, 0.29) is 11.6 Å². The largest absolute Gasteiger partial charge is 0.494 e. The normalized spacial score (nSPS) is 12.4. The molecule has 0 saturated heterocycles. The summed E-state index contributed by atoms with van der Waals surface area (Å²) in [4.78, 5) is 41.5. The number of aryl methyl sites for hydroxylation is 1. The van der Waals surface area contributed by atoms with Crippen molar-refractivity contribution in [2.45, 2.75) is 25.8 Å². The molecule has 0 fully saturated rings. The van der Waals surface area contributed by atoms with E-state index in [0.29, 0.717) is 71.1 Å². The number of fused-ring (bicyclic) bond motifs is 2. The number of hydrogen-bond donors (Lipinski definition) is 2. The lowest BCUT2D eigenvalue weighted by molar-refractivity contribution is 0.0690. The van der Waals surface area contributed by atoms with Crippen molar-refractivity contribution in [3.63, 3.8) is 0 Å². The van der Waals surface area contributed by atoms with Gasteiger partial charge in [0, 0.05) is 35.3 Å². The van der Waals surface area contributed by atoms with Crippen LogP contribution in [0.1, 0.15) is 49.0 Å². The Morgan fingerprint density at radius 2 is 1.85 bits per heavy atom. The van der Waals surface area contributed by atoms with E-state index in [9.17, 15) is 20.0 Å². The number of aromatic carboxylic acids is 1. The standard InChI is InChI=1S/C36H28N6O4S2/c37-20-29-25(8-4-17-38-29)23-12-14-24(15-13-23)46-19-5-11-31-32(34(44)45)40-36(48-31)42-18-16-22-6-3-7-26(27(22)21-42)33(43)41-35-39-28-9-1-2-10-30(28)47-35/h1-4,6-10,12-15,17H,5,11,16,18-19,21H2,(H,44,45)(H,39,41,43). The molecule has 0 bridgehead atoms. The number of carboxylic acid groups (broad SMARTS) is 1. The quantitative estimate of drug-likeness (QED) is 0.144. The molecular weight excluding hydrogens is 645 g/mol.